The summed E-state index contributed by atoms with van der Waals surface area (Å²) in [4.78, 5) is 11.0. The van der Waals surface area contributed by atoms with Crippen molar-refractivity contribution < 1.29 is 14.3 Å². The van der Waals surface area contributed by atoms with Gasteiger partial charge in [0.25, 0.3) is 0 Å². The molecule has 0 aliphatic heterocycles. The van der Waals surface area contributed by atoms with Gasteiger partial charge in [0, 0.05) is 13.7 Å². The van der Waals surface area contributed by atoms with E-state index in [0.29, 0.717) is 6.61 Å². The standard InChI is InChI=1S/C10H20O3S/c1-9(14)10(11)13-8-6-4-3-5-7-12-2/h9,14H,3-8H2,1-2H3. The highest BCUT2D eigenvalue weighted by Gasteiger charge is 2.07. The minimum Gasteiger partial charge on any atom is -0.465 e. The van der Waals surface area contributed by atoms with E-state index in [2.05, 4.69) is 12.6 Å². The fraction of sp³-hybridized carbons (Fsp3) is 0.900. The Morgan fingerprint density at radius 2 is 1.79 bits per heavy atom. The van der Waals surface area contributed by atoms with Crippen molar-refractivity contribution in [2.75, 3.05) is 20.3 Å². The maximum absolute atomic E-state index is 11.0. The van der Waals surface area contributed by atoms with Gasteiger partial charge < -0.3 is 9.47 Å². The Hall–Kier alpha value is -0.220. The zero-order chi connectivity index (χ0) is 10.8. The zero-order valence-electron chi connectivity index (χ0n) is 8.99. The molecule has 0 aliphatic rings. The third-order valence-corrected chi connectivity index (χ3v) is 2.04. The highest BCUT2D eigenvalue weighted by atomic mass is 32.1. The number of rotatable bonds is 8. The van der Waals surface area contributed by atoms with Gasteiger partial charge in [-0.05, 0) is 26.2 Å². The molecule has 1 atom stereocenters. The van der Waals surface area contributed by atoms with Crippen LogP contribution in [0.5, 0.6) is 0 Å². The van der Waals surface area contributed by atoms with Crippen molar-refractivity contribution in [1.29, 1.82) is 0 Å². The van der Waals surface area contributed by atoms with Crippen molar-refractivity contribution in [3.63, 3.8) is 0 Å². The summed E-state index contributed by atoms with van der Waals surface area (Å²) in [5.74, 6) is -0.231. The molecule has 1 unspecified atom stereocenters. The molecule has 0 amide bonds. The Labute approximate surface area is 91.6 Å². The van der Waals surface area contributed by atoms with Crippen molar-refractivity contribution >= 4 is 18.6 Å². The molecule has 0 aromatic heterocycles. The molecule has 0 heterocycles. The second-order valence-electron chi connectivity index (χ2n) is 3.25. The Balaban J connectivity index is 3.10. The molecule has 0 spiro atoms. The minimum absolute atomic E-state index is 0.231. The molecule has 3 nitrogen and oxygen atoms in total. The average molecular weight is 220 g/mol. The first kappa shape index (κ1) is 13.8. The largest absolute Gasteiger partial charge is 0.465 e. The van der Waals surface area contributed by atoms with E-state index in [-0.39, 0.29) is 11.2 Å². The predicted molar refractivity (Wildman–Crippen MR) is 59.8 cm³/mol. The maximum Gasteiger partial charge on any atom is 0.318 e. The van der Waals surface area contributed by atoms with Gasteiger partial charge in [0.05, 0.1) is 11.9 Å². The lowest BCUT2D eigenvalue weighted by Crippen LogP contribution is -2.15. The summed E-state index contributed by atoms with van der Waals surface area (Å²) in [6, 6.07) is 0. The number of unbranched alkanes of at least 4 members (excludes halogenated alkanes) is 3. The van der Waals surface area contributed by atoms with Crippen molar-refractivity contribution in [2.24, 2.45) is 0 Å². The van der Waals surface area contributed by atoms with Crippen LogP contribution in [0.4, 0.5) is 0 Å². The van der Waals surface area contributed by atoms with E-state index in [9.17, 15) is 4.79 Å². The topological polar surface area (TPSA) is 35.5 Å². The predicted octanol–water partition coefficient (Wildman–Crippen LogP) is 2.05. The van der Waals surface area contributed by atoms with E-state index in [1.165, 1.54) is 0 Å². The van der Waals surface area contributed by atoms with Crippen LogP contribution >= 0.6 is 12.6 Å². The summed E-state index contributed by atoms with van der Waals surface area (Å²) in [6.07, 6.45) is 4.21. The van der Waals surface area contributed by atoms with Gasteiger partial charge in [-0.1, -0.05) is 6.42 Å². The van der Waals surface area contributed by atoms with Crippen LogP contribution in [0, 0.1) is 0 Å². The van der Waals surface area contributed by atoms with Crippen molar-refractivity contribution in [3.05, 3.63) is 0 Å². The van der Waals surface area contributed by atoms with E-state index < -0.39 is 0 Å². The minimum atomic E-state index is -0.316. The van der Waals surface area contributed by atoms with Crippen molar-refractivity contribution in [2.45, 2.75) is 37.9 Å². The summed E-state index contributed by atoms with van der Waals surface area (Å²) in [5.41, 5.74) is 0. The fourth-order valence-corrected chi connectivity index (χ4v) is 1.07. The molecule has 0 aromatic rings. The van der Waals surface area contributed by atoms with Crippen LogP contribution in [0.3, 0.4) is 0 Å². The van der Waals surface area contributed by atoms with Crippen LogP contribution in [0.25, 0.3) is 0 Å². The maximum atomic E-state index is 11.0. The quantitative estimate of drug-likeness (QED) is 0.386. The van der Waals surface area contributed by atoms with Crippen LogP contribution in [0.1, 0.15) is 32.6 Å². The summed E-state index contributed by atoms with van der Waals surface area (Å²) in [5, 5.41) is -0.316. The molecule has 0 saturated carbocycles. The van der Waals surface area contributed by atoms with Gasteiger partial charge in [0.1, 0.15) is 0 Å². The Kier molecular flexibility index (Phi) is 9.19. The molecule has 0 fully saturated rings. The lowest BCUT2D eigenvalue weighted by molar-refractivity contribution is -0.142. The van der Waals surface area contributed by atoms with E-state index in [4.69, 9.17) is 9.47 Å². The number of methoxy groups -OCH3 is 1. The SMILES string of the molecule is COCCCCCCOC(=O)C(C)S. The van der Waals surface area contributed by atoms with Gasteiger partial charge in [0.15, 0.2) is 0 Å². The number of carbonyl (C=O) groups excluding carboxylic acids is 1. The summed E-state index contributed by atoms with van der Waals surface area (Å²) < 4.78 is 9.89. The molecule has 0 bridgehead atoms. The third-order valence-electron chi connectivity index (χ3n) is 1.83. The molecule has 0 rings (SSSR count). The summed E-state index contributed by atoms with van der Waals surface area (Å²) in [6.45, 7) is 3.04. The molecular formula is C10H20O3S. The fourth-order valence-electron chi connectivity index (χ4n) is 0.995. The van der Waals surface area contributed by atoms with Crippen molar-refractivity contribution in [3.8, 4) is 0 Å². The highest BCUT2D eigenvalue weighted by molar-refractivity contribution is 7.81. The third kappa shape index (κ3) is 8.38. The molecule has 0 aromatic carbocycles. The van der Waals surface area contributed by atoms with E-state index in [0.717, 1.165) is 32.3 Å². The molecule has 14 heavy (non-hydrogen) atoms. The number of thiol groups is 1. The zero-order valence-corrected chi connectivity index (χ0v) is 9.89. The number of ether oxygens (including phenoxy) is 2. The first-order valence-corrected chi connectivity index (χ1v) is 5.53. The molecule has 0 aliphatic carbocycles. The summed E-state index contributed by atoms with van der Waals surface area (Å²) in [7, 11) is 1.70. The number of hydrogen-bond donors (Lipinski definition) is 1. The highest BCUT2D eigenvalue weighted by Crippen LogP contribution is 2.02. The second kappa shape index (κ2) is 9.34. The lowest BCUT2D eigenvalue weighted by atomic mass is 10.2. The summed E-state index contributed by atoms with van der Waals surface area (Å²) >= 11 is 3.97. The van der Waals surface area contributed by atoms with Crippen LogP contribution in [0.15, 0.2) is 0 Å². The molecule has 0 radical (unpaired) electrons. The number of esters is 1. The van der Waals surface area contributed by atoms with E-state index in [1.54, 1.807) is 14.0 Å². The van der Waals surface area contributed by atoms with Crippen LogP contribution in [-0.4, -0.2) is 31.5 Å². The lowest BCUT2D eigenvalue weighted by Gasteiger charge is -2.06. The second-order valence-corrected chi connectivity index (χ2v) is 4.03. The van der Waals surface area contributed by atoms with E-state index >= 15 is 0 Å². The molecule has 0 saturated heterocycles. The normalized spacial score (nSPS) is 12.5. The van der Waals surface area contributed by atoms with Gasteiger partial charge in [-0.2, -0.15) is 12.6 Å². The van der Waals surface area contributed by atoms with Crippen molar-refractivity contribution in [1.82, 2.24) is 0 Å². The first-order valence-electron chi connectivity index (χ1n) is 5.02. The number of hydrogen-bond acceptors (Lipinski definition) is 4. The van der Waals surface area contributed by atoms with Crippen LogP contribution < -0.4 is 0 Å². The van der Waals surface area contributed by atoms with Gasteiger partial charge in [-0.25, -0.2) is 0 Å². The average Bonchev–Trinajstić information content (AvgIpc) is 2.16. The van der Waals surface area contributed by atoms with Crippen LogP contribution in [0.2, 0.25) is 0 Å². The Bertz CT molecular complexity index is 148. The molecule has 84 valence electrons. The monoisotopic (exact) mass is 220 g/mol. The molecule has 0 N–H and O–H groups in total. The smallest absolute Gasteiger partial charge is 0.318 e. The first-order chi connectivity index (χ1) is 6.68. The van der Waals surface area contributed by atoms with Gasteiger partial charge in [0.2, 0.25) is 0 Å². The molecule has 4 heteroatoms. The van der Waals surface area contributed by atoms with Gasteiger partial charge >= 0.3 is 5.97 Å². The van der Waals surface area contributed by atoms with Gasteiger partial charge in [-0.3, -0.25) is 4.79 Å². The van der Waals surface area contributed by atoms with E-state index in [1.807, 2.05) is 0 Å². The van der Waals surface area contributed by atoms with Gasteiger partial charge in [-0.15, -0.1) is 0 Å². The van der Waals surface area contributed by atoms with Crippen LogP contribution in [-0.2, 0) is 14.3 Å². The number of carbonyl (C=O) groups is 1. The Morgan fingerprint density at radius 1 is 1.21 bits per heavy atom. The molecular weight excluding hydrogens is 200 g/mol. The Morgan fingerprint density at radius 3 is 2.29 bits per heavy atom.